The lowest BCUT2D eigenvalue weighted by molar-refractivity contribution is 0.238. The highest BCUT2D eigenvalue weighted by Crippen LogP contribution is 2.18. The van der Waals surface area contributed by atoms with Crippen molar-refractivity contribution in [3.8, 4) is 0 Å². The first kappa shape index (κ1) is 14.4. The van der Waals surface area contributed by atoms with Gasteiger partial charge in [0.1, 0.15) is 10.7 Å². The van der Waals surface area contributed by atoms with Crippen molar-refractivity contribution in [3.63, 3.8) is 0 Å². The van der Waals surface area contributed by atoms with Gasteiger partial charge in [-0.25, -0.2) is 17.5 Å². The number of benzene rings is 1. The molecule has 0 heterocycles. The summed E-state index contributed by atoms with van der Waals surface area (Å²) in [5, 5.41) is 8.90. The Morgan fingerprint density at radius 1 is 1.53 bits per heavy atom. The van der Waals surface area contributed by atoms with Crippen LogP contribution in [0.4, 0.5) is 4.39 Å². The van der Waals surface area contributed by atoms with Crippen LogP contribution in [0.1, 0.15) is 6.92 Å². The molecule has 7 heteroatoms. The van der Waals surface area contributed by atoms with Crippen molar-refractivity contribution < 1.29 is 17.9 Å². The van der Waals surface area contributed by atoms with Gasteiger partial charge in [0.15, 0.2) is 0 Å². The van der Waals surface area contributed by atoms with Gasteiger partial charge in [-0.15, -0.1) is 0 Å². The number of aliphatic hydroxyl groups excluding tert-OH is 1. The first-order chi connectivity index (χ1) is 7.86. The van der Waals surface area contributed by atoms with E-state index in [0.29, 0.717) is 0 Å². The number of hydrogen-bond acceptors (Lipinski definition) is 3. The van der Waals surface area contributed by atoms with Gasteiger partial charge in [0.2, 0.25) is 10.0 Å². The Labute approximate surface area is 104 Å². The van der Waals surface area contributed by atoms with Crippen LogP contribution in [0.3, 0.4) is 0 Å². The normalized spacial score (nSPS) is 13.6. The molecule has 0 bridgehead atoms. The molecule has 1 aromatic rings. The van der Waals surface area contributed by atoms with Crippen LogP contribution in [0.15, 0.2) is 23.1 Å². The lowest BCUT2D eigenvalue weighted by atomic mass is 10.2. The molecule has 2 N–H and O–H groups in total. The van der Waals surface area contributed by atoms with E-state index in [-0.39, 0.29) is 24.1 Å². The highest BCUT2D eigenvalue weighted by atomic mass is 35.5. The molecule has 96 valence electrons. The molecule has 0 saturated carbocycles. The van der Waals surface area contributed by atoms with Crippen molar-refractivity contribution in [2.75, 3.05) is 13.2 Å². The maximum atomic E-state index is 13.4. The average Bonchev–Trinajstić information content (AvgIpc) is 2.25. The van der Waals surface area contributed by atoms with E-state index in [1.807, 2.05) is 0 Å². The zero-order valence-electron chi connectivity index (χ0n) is 9.15. The molecule has 17 heavy (non-hydrogen) atoms. The largest absolute Gasteiger partial charge is 0.396 e. The third kappa shape index (κ3) is 3.92. The number of hydrogen-bond donors (Lipinski definition) is 2. The van der Waals surface area contributed by atoms with Gasteiger partial charge >= 0.3 is 0 Å². The Hall–Kier alpha value is -0.690. The van der Waals surface area contributed by atoms with Gasteiger partial charge in [0, 0.05) is 18.2 Å². The summed E-state index contributed by atoms with van der Waals surface area (Å²) in [5.74, 6) is -1.14. The topological polar surface area (TPSA) is 66.4 Å². The van der Waals surface area contributed by atoms with E-state index >= 15 is 0 Å². The quantitative estimate of drug-likeness (QED) is 0.857. The standard InChI is InChI=1S/C10H13ClFNO3S/c1-7(6-14)5-13-17(15,16)10-3-2-8(11)4-9(10)12/h2-4,7,13-14H,5-6H2,1H3. The summed E-state index contributed by atoms with van der Waals surface area (Å²) in [7, 11) is -3.91. The molecular weight excluding hydrogens is 269 g/mol. The lowest BCUT2D eigenvalue weighted by Crippen LogP contribution is -2.30. The lowest BCUT2D eigenvalue weighted by Gasteiger charge is -2.11. The Bertz CT molecular complexity index is 492. The number of halogens is 2. The minimum atomic E-state index is -3.91. The second-order valence-corrected chi connectivity index (χ2v) is 5.89. The molecule has 0 amide bonds. The van der Waals surface area contributed by atoms with Crippen LogP contribution in [-0.4, -0.2) is 26.7 Å². The van der Waals surface area contributed by atoms with E-state index < -0.39 is 20.7 Å². The number of aliphatic hydroxyl groups is 1. The van der Waals surface area contributed by atoms with Crippen LogP contribution >= 0.6 is 11.6 Å². The number of nitrogens with one attached hydrogen (secondary N) is 1. The van der Waals surface area contributed by atoms with Gasteiger partial charge in [-0.3, -0.25) is 0 Å². The van der Waals surface area contributed by atoms with Crippen LogP contribution < -0.4 is 4.72 Å². The van der Waals surface area contributed by atoms with Crippen molar-refractivity contribution in [1.29, 1.82) is 0 Å². The third-order valence-corrected chi connectivity index (χ3v) is 3.81. The molecule has 0 radical (unpaired) electrons. The van der Waals surface area contributed by atoms with Crippen LogP contribution in [-0.2, 0) is 10.0 Å². The molecule has 0 aliphatic carbocycles. The highest BCUT2D eigenvalue weighted by Gasteiger charge is 2.19. The zero-order valence-corrected chi connectivity index (χ0v) is 10.7. The fourth-order valence-corrected chi connectivity index (χ4v) is 2.47. The molecule has 4 nitrogen and oxygen atoms in total. The third-order valence-electron chi connectivity index (χ3n) is 2.12. The smallest absolute Gasteiger partial charge is 0.243 e. The van der Waals surface area contributed by atoms with E-state index in [1.54, 1.807) is 6.92 Å². The van der Waals surface area contributed by atoms with Crippen molar-refractivity contribution in [2.45, 2.75) is 11.8 Å². The van der Waals surface area contributed by atoms with Crippen LogP contribution in [0.2, 0.25) is 5.02 Å². The number of rotatable bonds is 5. The summed E-state index contributed by atoms with van der Waals surface area (Å²) in [6.45, 7) is 1.56. The molecule has 0 fully saturated rings. The molecule has 0 spiro atoms. The summed E-state index contributed by atoms with van der Waals surface area (Å²) >= 11 is 5.53. The fourth-order valence-electron chi connectivity index (χ4n) is 1.09. The molecule has 1 rings (SSSR count). The maximum Gasteiger partial charge on any atom is 0.243 e. The Morgan fingerprint density at radius 3 is 2.71 bits per heavy atom. The minimum absolute atomic E-state index is 0.0426. The van der Waals surface area contributed by atoms with Gasteiger partial charge in [-0.2, -0.15) is 0 Å². The summed E-state index contributed by atoms with van der Waals surface area (Å²) in [4.78, 5) is -0.452. The van der Waals surface area contributed by atoms with Gasteiger partial charge in [0.25, 0.3) is 0 Å². The van der Waals surface area contributed by atoms with Crippen LogP contribution in [0.5, 0.6) is 0 Å². The van der Waals surface area contributed by atoms with E-state index in [0.717, 1.165) is 12.1 Å². The minimum Gasteiger partial charge on any atom is -0.396 e. The first-order valence-electron chi connectivity index (χ1n) is 4.92. The first-order valence-corrected chi connectivity index (χ1v) is 6.78. The average molecular weight is 282 g/mol. The molecule has 0 aromatic heterocycles. The molecule has 0 aliphatic rings. The van der Waals surface area contributed by atoms with E-state index in [1.165, 1.54) is 6.07 Å². The molecule has 1 aromatic carbocycles. The molecular formula is C10H13ClFNO3S. The monoisotopic (exact) mass is 281 g/mol. The van der Waals surface area contributed by atoms with Crippen molar-refractivity contribution >= 4 is 21.6 Å². The van der Waals surface area contributed by atoms with Crippen LogP contribution in [0.25, 0.3) is 0 Å². The Morgan fingerprint density at radius 2 is 2.18 bits per heavy atom. The van der Waals surface area contributed by atoms with E-state index in [2.05, 4.69) is 4.72 Å². The molecule has 1 atom stereocenters. The number of sulfonamides is 1. The van der Waals surface area contributed by atoms with Crippen LogP contribution in [0, 0.1) is 11.7 Å². The van der Waals surface area contributed by atoms with Crippen molar-refractivity contribution in [2.24, 2.45) is 5.92 Å². The van der Waals surface area contributed by atoms with Gasteiger partial charge < -0.3 is 5.11 Å². The maximum absolute atomic E-state index is 13.4. The van der Waals surface area contributed by atoms with E-state index in [9.17, 15) is 12.8 Å². The fraction of sp³-hybridized carbons (Fsp3) is 0.400. The van der Waals surface area contributed by atoms with Gasteiger partial charge in [0.05, 0.1) is 0 Å². The summed E-state index contributed by atoms with van der Waals surface area (Å²) in [5.41, 5.74) is 0. The molecule has 0 saturated heterocycles. The predicted molar refractivity (Wildman–Crippen MR) is 62.8 cm³/mol. The molecule has 0 aliphatic heterocycles. The highest BCUT2D eigenvalue weighted by molar-refractivity contribution is 7.89. The summed E-state index contributed by atoms with van der Waals surface area (Å²) in [6.07, 6.45) is 0. The second-order valence-electron chi connectivity index (χ2n) is 3.71. The molecule has 1 unspecified atom stereocenters. The second kappa shape index (κ2) is 5.77. The van der Waals surface area contributed by atoms with Gasteiger partial charge in [-0.05, 0) is 24.1 Å². The Kier molecular flexibility index (Phi) is 4.88. The summed E-state index contributed by atoms with van der Waals surface area (Å²) in [6, 6.07) is 3.34. The van der Waals surface area contributed by atoms with Crippen molar-refractivity contribution in [3.05, 3.63) is 29.0 Å². The SMILES string of the molecule is CC(CO)CNS(=O)(=O)c1ccc(Cl)cc1F. The van der Waals surface area contributed by atoms with E-state index in [4.69, 9.17) is 16.7 Å². The Balaban J connectivity index is 2.90. The van der Waals surface area contributed by atoms with Gasteiger partial charge in [-0.1, -0.05) is 18.5 Å². The van der Waals surface area contributed by atoms with Crippen molar-refractivity contribution in [1.82, 2.24) is 4.72 Å². The predicted octanol–water partition coefficient (Wildman–Crippen LogP) is 1.39. The summed E-state index contributed by atoms with van der Waals surface area (Å²) < 4.78 is 39.0. The zero-order chi connectivity index (χ0) is 13.1.